The Labute approximate surface area is 199 Å². The first-order chi connectivity index (χ1) is 16.3. The number of carboxylic acid groups (broad SMARTS) is 1. The number of guanidine groups is 1. The Hall–Kier alpha value is -3.50. The predicted octanol–water partition coefficient (Wildman–Crippen LogP) is 1.37. The number of anilines is 2. The van der Waals surface area contributed by atoms with E-state index >= 15 is 0 Å². The number of hydrogen-bond donors (Lipinski definition) is 5. The first-order valence-corrected chi connectivity index (χ1v) is 11.7. The maximum Gasteiger partial charge on any atom is 0.408 e. The van der Waals surface area contributed by atoms with Crippen LogP contribution in [0.25, 0.3) is 0 Å². The van der Waals surface area contributed by atoms with Gasteiger partial charge in [-0.25, -0.2) is 9.59 Å². The number of carboxylic acids is 1. The maximum atomic E-state index is 12.6. The summed E-state index contributed by atoms with van der Waals surface area (Å²) in [5, 5.41) is 20.8. The number of piperidine rings is 1. The topological polar surface area (TPSA) is 144 Å². The van der Waals surface area contributed by atoms with Crippen LogP contribution in [-0.4, -0.2) is 73.9 Å². The molecule has 2 aliphatic heterocycles. The van der Waals surface area contributed by atoms with Crippen molar-refractivity contribution in [2.45, 2.75) is 45.3 Å². The molecule has 0 aliphatic carbocycles. The molecule has 186 valence electrons. The van der Waals surface area contributed by atoms with Gasteiger partial charge in [0.25, 0.3) is 0 Å². The second kappa shape index (κ2) is 12.1. The van der Waals surface area contributed by atoms with E-state index < -0.39 is 18.1 Å². The summed E-state index contributed by atoms with van der Waals surface area (Å²) < 4.78 is 4.91. The molecule has 34 heavy (non-hydrogen) atoms. The first-order valence-electron chi connectivity index (χ1n) is 11.7. The van der Waals surface area contributed by atoms with Crippen LogP contribution in [0, 0.1) is 5.92 Å². The lowest BCUT2D eigenvalue weighted by atomic mass is 9.95. The molecule has 1 aromatic rings. The van der Waals surface area contributed by atoms with Crippen molar-refractivity contribution in [3.8, 4) is 0 Å². The van der Waals surface area contributed by atoms with E-state index in [2.05, 4.69) is 37.2 Å². The highest BCUT2D eigenvalue weighted by atomic mass is 16.6. The zero-order valence-electron chi connectivity index (χ0n) is 19.7. The fourth-order valence-corrected chi connectivity index (χ4v) is 3.87. The molecule has 1 saturated heterocycles. The summed E-state index contributed by atoms with van der Waals surface area (Å²) in [5.41, 5.74) is 2.02. The van der Waals surface area contributed by atoms with Gasteiger partial charge in [-0.2, -0.15) is 0 Å². The molecule has 3 rings (SSSR count). The molecule has 1 fully saturated rings. The minimum absolute atomic E-state index is 0.201. The highest BCUT2D eigenvalue weighted by molar-refractivity contribution is 5.94. The summed E-state index contributed by atoms with van der Waals surface area (Å²) in [7, 11) is 0. The molecule has 2 aliphatic rings. The van der Waals surface area contributed by atoms with Crippen LogP contribution < -0.4 is 26.2 Å². The molecule has 11 heteroatoms. The number of amides is 2. The van der Waals surface area contributed by atoms with E-state index in [0.29, 0.717) is 25.9 Å². The van der Waals surface area contributed by atoms with Crippen LogP contribution in [0.5, 0.6) is 0 Å². The van der Waals surface area contributed by atoms with Gasteiger partial charge >= 0.3 is 12.1 Å². The number of carbonyl (C=O) groups is 3. The normalized spacial score (nSPS) is 17.3. The smallest absolute Gasteiger partial charge is 0.408 e. The summed E-state index contributed by atoms with van der Waals surface area (Å²) in [4.78, 5) is 42.4. The number of nitrogens with one attached hydrogen (secondary N) is 4. The Bertz CT molecular complexity index is 898. The van der Waals surface area contributed by atoms with E-state index in [1.54, 1.807) is 13.8 Å². The lowest BCUT2D eigenvalue weighted by Crippen LogP contribution is -2.50. The number of aliphatic carboxylic acids is 1. The molecule has 1 unspecified atom stereocenters. The Balaban J connectivity index is 1.47. The third-order valence-corrected chi connectivity index (χ3v) is 5.65. The standard InChI is InChI=1S/C23H34N6O5/c1-15(2)34-23(33)28-19(21(31)32)14-26-20(30)16-7-11-29(12-8-16)18-6-3-5-17(13-18)27-22-24-9-4-10-25-22/h3,5-6,13,15-16,19H,4,7-12,14H2,1-2H3,(H,26,30)(H,28,33)(H,31,32)(H2,24,25,27). The van der Waals surface area contributed by atoms with E-state index in [1.807, 2.05) is 18.2 Å². The van der Waals surface area contributed by atoms with Crippen LogP contribution in [0.15, 0.2) is 29.3 Å². The fraction of sp³-hybridized carbons (Fsp3) is 0.565. The van der Waals surface area contributed by atoms with Gasteiger partial charge in [-0.3, -0.25) is 9.79 Å². The van der Waals surface area contributed by atoms with Crippen LogP contribution in [0.1, 0.15) is 33.1 Å². The molecular formula is C23H34N6O5. The summed E-state index contributed by atoms with van der Waals surface area (Å²) in [6.07, 6.45) is 1.14. The highest BCUT2D eigenvalue weighted by Gasteiger charge is 2.27. The molecule has 2 heterocycles. The quantitative estimate of drug-likeness (QED) is 0.380. The second-order valence-electron chi connectivity index (χ2n) is 8.68. The van der Waals surface area contributed by atoms with Crippen molar-refractivity contribution in [2.75, 3.05) is 42.9 Å². The van der Waals surface area contributed by atoms with Crippen LogP contribution in [-0.2, 0) is 14.3 Å². The molecule has 5 N–H and O–H groups in total. The molecule has 11 nitrogen and oxygen atoms in total. The number of carbonyl (C=O) groups excluding carboxylic acids is 2. The van der Waals surface area contributed by atoms with Gasteiger partial charge in [0.15, 0.2) is 5.96 Å². The van der Waals surface area contributed by atoms with Gasteiger partial charge in [-0.1, -0.05) is 6.07 Å². The van der Waals surface area contributed by atoms with E-state index in [0.717, 1.165) is 36.8 Å². The van der Waals surface area contributed by atoms with Gasteiger partial charge in [0.2, 0.25) is 5.91 Å². The molecule has 0 saturated carbocycles. The van der Waals surface area contributed by atoms with Crippen LogP contribution in [0.4, 0.5) is 16.2 Å². The molecule has 2 amide bonds. The van der Waals surface area contributed by atoms with Crippen molar-refractivity contribution in [2.24, 2.45) is 10.9 Å². The molecule has 0 spiro atoms. The summed E-state index contributed by atoms with van der Waals surface area (Å²) >= 11 is 0. The average Bonchev–Trinajstić information content (AvgIpc) is 2.82. The third kappa shape index (κ3) is 7.53. The van der Waals surface area contributed by atoms with Crippen molar-refractivity contribution in [1.82, 2.24) is 16.0 Å². The largest absolute Gasteiger partial charge is 0.480 e. The molecule has 0 radical (unpaired) electrons. The van der Waals surface area contributed by atoms with Gasteiger partial charge in [0.05, 0.1) is 6.10 Å². The minimum atomic E-state index is -1.26. The second-order valence-corrected chi connectivity index (χ2v) is 8.68. The fourth-order valence-electron chi connectivity index (χ4n) is 3.87. The summed E-state index contributed by atoms with van der Waals surface area (Å²) in [6, 6.07) is 6.84. The van der Waals surface area contributed by atoms with Crippen LogP contribution in [0.2, 0.25) is 0 Å². The van der Waals surface area contributed by atoms with E-state index in [1.165, 1.54) is 0 Å². The van der Waals surface area contributed by atoms with Gasteiger partial charge < -0.3 is 36.0 Å². The van der Waals surface area contributed by atoms with E-state index in [4.69, 9.17) is 4.74 Å². The number of ether oxygens (including phenoxy) is 1. The van der Waals surface area contributed by atoms with Gasteiger partial charge in [-0.15, -0.1) is 0 Å². The highest BCUT2D eigenvalue weighted by Crippen LogP contribution is 2.25. The van der Waals surface area contributed by atoms with E-state index in [9.17, 15) is 19.5 Å². The number of nitrogens with zero attached hydrogens (tertiary/aromatic N) is 2. The maximum absolute atomic E-state index is 12.6. The third-order valence-electron chi connectivity index (χ3n) is 5.65. The lowest BCUT2D eigenvalue weighted by molar-refractivity contribution is -0.139. The van der Waals surface area contributed by atoms with Crippen molar-refractivity contribution in [3.63, 3.8) is 0 Å². The Kier molecular flexibility index (Phi) is 8.94. The summed E-state index contributed by atoms with van der Waals surface area (Å²) in [6.45, 7) is 6.28. The number of benzene rings is 1. The van der Waals surface area contributed by atoms with E-state index in [-0.39, 0.29) is 24.5 Å². The summed E-state index contributed by atoms with van der Waals surface area (Å²) in [5.74, 6) is -0.874. The Morgan fingerprint density at radius 3 is 2.68 bits per heavy atom. The Morgan fingerprint density at radius 1 is 1.26 bits per heavy atom. The number of rotatable bonds is 8. The zero-order valence-corrected chi connectivity index (χ0v) is 19.7. The first kappa shape index (κ1) is 25.1. The molecule has 0 aromatic heterocycles. The van der Waals surface area contributed by atoms with Gasteiger partial charge in [-0.05, 0) is 51.3 Å². The van der Waals surface area contributed by atoms with Crippen LogP contribution in [0.3, 0.4) is 0 Å². The van der Waals surface area contributed by atoms with Crippen molar-refractivity contribution >= 4 is 35.3 Å². The number of aliphatic imine (C=N–C) groups is 1. The molecular weight excluding hydrogens is 440 g/mol. The van der Waals surface area contributed by atoms with Gasteiger partial charge in [0, 0.05) is 50.0 Å². The Morgan fingerprint density at radius 2 is 2.03 bits per heavy atom. The SMILES string of the molecule is CC(C)OC(=O)NC(CNC(=O)C1CCN(c2cccc(NC3=NCCCN3)c2)CC1)C(=O)O. The zero-order chi connectivity index (χ0) is 24.5. The van der Waals surface area contributed by atoms with Gasteiger partial charge in [0.1, 0.15) is 6.04 Å². The van der Waals surface area contributed by atoms with Crippen molar-refractivity contribution < 1.29 is 24.2 Å². The molecule has 1 aromatic carbocycles. The monoisotopic (exact) mass is 474 g/mol. The minimum Gasteiger partial charge on any atom is -0.480 e. The number of hydrogen-bond acceptors (Lipinski definition) is 8. The van der Waals surface area contributed by atoms with Crippen molar-refractivity contribution in [1.29, 1.82) is 0 Å². The molecule has 0 bridgehead atoms. The molecule has 1 atom stereocenters. The predicted molar refractivity (Wildman–Crippen MR) is 129 cm³/mol. The number of alkyl carbamates (subject to hydrolysis) is 1. The van der Waals surface area contributed by atoms with Crippen LogP contribution >= 0.6 is 0 Å². The average molecular weight is 475 g/mol. The van der Waals surface area contributed by atoms with Crippen molar-refractivity contribution in [3.05, 3.63) is 24.3 Å². The lowest BCUT2D eigenvalue weighted by Gasteiger charge is -2.33.